The van der Waals surface area contributed by atoms with Crippen LogP contribution in [-0.2, 0) is 6.61 Å². The van der Waals surface area contributed by atoms with Gasteiger partial charge in [0.1, 0.15) is 11.6 Å². The molecule has 110 valence electrons. The third-order valence-electron chi connectivity index (χ3n) is 2.85. The minimum Gasteiger partial charge on any atom is -0.493 e. The molecule has 0 heterocycles. The fourth-order valence-corrected chi connectivity index (χ4v) is 2.43. The van der Waals surface area contributed by atoms with Crippen molar-refractivity contribution in [3.63, 3.8) is 0 Å². The van der Waals surface area contributed by atoms with Crippen molar-refractivity contribution in [2.24, 2.45) is 5.73 Å². The second kappa shape index (κ2) is 6.98. The lowest BCUT2D eigenvalue weighted by molar-refractivity contribution is 0.284. The lowest BCUT2D eigenvalue weighted by atomic mass is 10.2. The zero-order valence-electron chi connectivity index (χ0n) is 11.2. The van der Waals surface area contributed by atoms with Gasteiger partial charge in [-0.2, -0.15) is 0 Å². The van der Waals surface area contributed by atoms with E-state index in [4.69, 9.17) is 50.6 Å². The Morgan fingerprint density at radius 1 is 1.24 bits per heavy atom. The van der Waals surface area contributed by atoms with E-state index in [1.54, 1.807) is 43.5 Å². The van der Waals surface area contributed by atoms with Crippen molar-refractivity contribution in [1.29, 1.82) is 0 Å². The predicted molar refractivity (Wildman–Crippen MR) is 89.7 cm³/mol. The molecule has 0 spiro atoms. The molecule has 0 bridgehead atoms. The molecule has 2 aromatic rings. The average Bonchev–Trinajstić information content (AvgIpc) is 2.45. The van der Waals surface area contributed by atoms with Crippen molar-refractivity contribution in [3.8, 4) is 11.5 Å². The van der Waals surface area contributed by atoms with Gasteiger partial charge in [0.25, 0.3) is 0 Å². The largest absolute Gasteiger partial charge is 0.493 e. The molecule has 2 N–H and O–H groups in total. The number of thiocarbonyl (C=S) groups is 1. The third-order valence-corrected chi connectivity index (χ3v) is 3.66. The van der Waals surface area contributed by atoms with Crippen molar-refractivity contribution in [2.75, 3.05) is 7.11 Å². The van der Waals surface area contributed by atoms with Gasteiger partial charge in [-0.05, 0) is 24.3 Å². The van der Waals surface area contributed by atoms with Gasteiger partial charge in [-0.3, -0.25) is 0 Å². The fraction of sp³-hybridized carbons (Fsp3) is 0.133. The summed E-state index contributed by atoms with van der Waals surface area (Å²) in [6.07, 6.45) is 0. The van der Waals surface area contributed by atoms with Gasteiger partial charge in [-0.25, -0.2) is 0 Å². The van der Waals surface area contributed by atoms with Gasteiger partial charge in [-0.15, -0.1) is 0 Å². The monoisotopic (exact) mass is 341 g/mol. The number of ether oxygens (including phenoxy) is 2. The van der Waals surface area contributed by atoms with Crippen LogP contribution in [0.1, 0.15) is 11.1 Å². The Bertz CT molecular complexity index is 677. The van der Waals surface area contributed by atoms with Crippen molar-refractivity contribution < 1.29 is 9.47 Å². The molecule has 3 nitrogen and oxygen atoms in total. The molecule has 0 fully saturated rings. The van der Waals surface area contributed by atoms with Crippen molar-refractivity contribution in [3.05, 3.63) is 57.6 Å². The number of methoxy groups -OCH3 is 1. The summed E-state index contributed by atoms with van der Waals surface area (Å²) in [5.74, 6) is 1.06. The fourth-order valence-electron chi connectivity index (χ4n) is 1.81. The lowest BCUT2D eigenvalue weighted by Crippen LogP contribution is -2.12. The van der Waals surface area contributed by atoms with E-state index >= 15 is 0 Å². The van der Waals surface area contributed by atoms with E-state index in [1.165, 1.54) is 0 Å². The normalized spacial score (nSPS) is 10.2. The molecule has 0 aliphatic heterocycles. The summed E-state index contributed by atoms with van der Waals surface area (Å²) >= 11 is 17.0. The van der Waals surface area contributed by atoms with Crippen LogP contribution in [0.3, 0.4) is 0 Å². The summed E-state index contributed by atoms with van der Waals surface area (Å²) < 4.78 is 11.1. The molecule has 21 heavy (non-hydrogen) atoms. The highest BCUT2D eigenvalue weighted by Gasteiger charge is 2.13. The topological polar surface area (TPSA) is 44.5 Å². The van der Waals surface area contributed by atoms with Crippen LogP contribution in [0, 0.1) is 0 Å². The molecule has 2 aromatic carbocycles. The molecule has 0 aliphatic rings. The van der Waals surface area contributed by atoms with Crippen LogP contribution in [0.25, 0.3) is 0 Å². The minimum atomic E-state index is 0.242. The Morgan fingerprint density at radius 2 is 2.00 bits per heavy atom. The van der Waals surface area contributed by atoms with E-state index < -0.39 is 0 Å². The highest BCUT2D eigenvalue weighted by Crippen LogP contribution is 2.32. The molecule has 2 rings (SSSR count). The first-order valence-electron chi connectivity index (χ1n) is 6.06. The molecule has 0 aliphatic carbocycles. The van der Waals surface area contributed by atoms with E-state index in [2.05, 4.69) is 0 Å². The first-order chi connectivity index (χ1) is 10.0. The molecule has 0 radical (unpaired) electrons. The quantitative estimate of drug-likeness (QED) is 0.827. The molecule has 0 unspecified atom stereocenters. The molecule has 0 atom stereocenters. The summed E-state index contributed by atoms with van der Waals surface area (Å²) in [5, 5.41) is 1.11. The molecule has 0 amide bonds. The maximum absolute atomic E-state index is 6.13. The van der Waals surface area contributed by atoms with Crippen LogP contribution in [-0.4, -0.2) is 12.1 Å². The van der Waals surface area contributed by atoms with Gasteiger partial charge in [0, 0.05) is 15.6 Å². The van der Waals surface area contributed by atoms with Gasteiger partial charge >= 0.3 is 0 Å². The number of benzene rings is 2. The summed E-state index contributed by atoms with van der Waals surface area (Å²) in [7, 11) is 1.56. The van der Waals surface area contributed by atoms with Crippen LogP contribution in [0.2, 0.25) is 10.0 Å². The van der Waals surface area contributed by atoms with Crippen LogP contribution in [0.4, 0.5) is 0 Å². The average molecular weight is 342 g/mol. The Balaban J connectivity index is 2.28. The first kappa shape index (κ1) is 15.9. The number of rotatable bonds is 5. The lowest BCUT2D eigenvalue weighted by Gasteiger charge is -2.15. The Hall–Kier alpha value is -1.49. The number of hydrogen-bond donors (Lipinski definition) is 1. The molecular weight excluding hydrogens is 329 g/mol. The van der Waals surface area contributed by atoms with E-state index in [0.29, 0.717) is 27.1 Å². The zero-order valence-corrected chi connectivity index (χ0v) is 13.6. The van der Waals surface area contributed by atoms with Crippen LogP contribution >= 0.6 is 35.4 Å². The van der Waals surface area contributed by atoms with Crippen LogP contribution < -0.4 is 15.2 Å². The van der Waals surface area contributed by atoms with E-state index in [1.807, 2.05) is 0 Å². The van der Waals surface area contributed by atoms with Gasteiger partial charge < -0.3 is 15.2 Å². The highest BCUT2D eigenvalue weighted by molar-refractivity contribution is 7.80. The summed E-state index contributed by atoms with van der Waals surface area (Å²) in [4.78, 5) is 0.242. The van der Waals surface area contributed by atoms with Crippen LogP contribution in [0.15, 0.2) is 36.4 Å². The molecule has 0 aromatic heterocycles. The number of hydrogen-bond acceptors (Lipinski definition) is 3. The first-order valence-corrected chi connectivity index (χ1v) is 7.23. The highest BCUT2D eigenvalue weighted by atomic mass is 35.5. The van der Waals surface area contributed by atoms with Gasteiger partial charge in [0.15, 0.2) is 11.5 Å². The van der Waals surface area contributed by atoms with Crippen molar-refractivity contribution in [2.45, 2.75) is 6.61 Å². The zero-order chi connectivity index (χ0) is 15.4. The van der Waals surface area contributed by atoms with E-state index in [9.17, 15) is 0 Å². The van der Waals surface area contributed by atoms with E-state index in [0.717, 1.165) is 5.56 Å². The van der Waals surface area contributed by atoms with Crippen molar-refractivity contribution in [1.82, 2.24) is 0 Å². The molecular formula is C15H13Cl2NO2S. The summed E-state index contributed by atoms with van der Waals surface area (Å²) in [5.41, 5.74) is 7.14. The molecule has 6 heteroatoms. The summed E-state index contributed by atoms with van der Waals surface area (Å²) in [6, 6.07) is 10.6. The Labute approximate surface area is 138 Å². The maximum atomic E-state index is 6.13. The second-order valence-corrected chi connectivity index (χ2v) is 5.51. The number of para-hydroxylation sites is 1. The minimum absolute atomic E-state index is 0.242. The molecule has 0 saturated carbocycles. The Kier molecular flexibility index (Phi) is 5.28. The van der Waals surface area contributed by atoms with E-state index in [-0.39, 0.29) is 11.6 Å². The summed E-state index contributed by atoms with van der Waals surface area (Å²) in [6.45, 7) is 0.256. The second-order valence-electron chi connectivity index (χ2n) is 4.23. The molecule has 0 saturated heterocycles. The van der Waals surface area contributed by atoms with Gasteiger partial charge in [0.05, 0.1) is 12.7 Å². The SMILES string of the molecule is COc1cccc(C(N)=S)c1OCc1ccc(Cl)cc1Cl. The maximum Gasteiger partial charge on any atom is 0.171 e. The van der Waals surface area contributed by atoms with Gasteiger partial charge in [0.2, 0.25) is 0 Å². The predicted octanol–water partition coefficient (Wildman–Crippen LogP) is 4.22. The number of halogens is 2. The standard InChI is InChI=1S/C15H13Cl2NO2S/c1-19-13-4-2-3-11(15(18)21)14(13)20-8-9-5-6-10(16)7-12(9)17/h2-7H,8H2,1H3,(H2,18,21). The van der Waals surface area contributed by atoms with Gasteiger partial charge in [-0.1, -0.05) is 47.6 Å². The van der Waals surface area contributed by atoms with Crippen LogP contribution in [0.5, 0.6) is 11.5 Å². The third kappa shape index (κ3) is 3.79. The van der Waals surface area contributed by atoms with Crippen molar-refractivity contribution >= 4 is 40.4 Å². The number of nitrogens with two attached hydrogens (primary N) is 1. The smallest absolute Gasteiger partial charge is 0.171 e. The Morgan fingerprint density at radius 3 is 2.62 bits per heavy atom.